The number of hydrogen-bond acceptors (Lipinski definition) is 5. The molecule has 0 aliphatic carbocycles. The molecule has 0 radical (unpaired) electrons. The number of aromatic nitrogens is 2. The number of nitrogens with one attached hydrogen (secondary N) is 1. The van der Waals surface area contributed by atoms with Crippen molar-refractivity contribution in [3.63, 3.8) is 0 Å². The standard InChI is InChI=1S/C14H21N3OS/c1-9(15-8-11-6-7-18-17-11)12-10(2)16-13(19-12)14(3,4)5/h6-7,9,15H,8H2,1-5H3. The second-order valence-electron chi connectivity index (χ2n) is 5.81. The van der Waals surface area contributed by atoms with Gasteiger partial charge in [0.25, 0.3) is 0 Å². The highest BCUT2D eigenvalue weighted by molar-refractivity contribution is 7.12. The molecule has 1 unspecified atom stereocenters. The predicted octanol–water partition coefficient (Wildman–Crippen LogP) is 3.59. The van der Waals surface area contributed by atoms with Crippen molar-refractivity contribution in [1.82, 2.24) is 15.5 Å². The molecule has 0 fully saturated rings. The van der Waals surface area contributed by atoms with E-state index < -0.39 is 0 Å². The Hall–Kier alpha value is -1.20. The second kappa shape index (κ2) is 5.43. The monoisotopic (exact) mass is 279 g/mol. The Kier molecular flexibility index (Phi) is 4.06. The third-order valence-electron chi connectivity index (χ3n) is 2.95. The third kappa shape index (κ3) is 3.42. The minimum atomic E-state index is 0.111. The van der Waals surface area contributed by atoms with Crippen molar-refractivity contribution in [2.75, 3.05) is 0 Å². The van der Waals surface area contributed by atoms with Crippen LogP contribution in [0.15, 0.2) is 16.9 Å². The van der Waals surface area contributed by atoms with Gasteiger partial charge in [-0.25, -0.2) is 4.98 Å². The number of nitrogens with zero attached hydrogens (tertiary/aromatic N) is 2. The molecule has 2 aromatic rings. The lowest BCUT2D eigenvalue weighted by Crippen LogP contribution is -2.18. The summed E-state index contributed by atoms with van der Waals surface area (Å²) < 4.78 is 4.83. The summed E-state index contributed by atoms with van der Waals surface area (Å²) in [5.74, 6) is 0. The van der Waals surface area contributed by atoms with Crippen molar-refractivity contribution in [3.8, 4) is 0 Å². The molecular weight excluding hydrogens is 258 g/mol. The van der Waals surface area contributed by atoms with E-state index in [0.717, 1.165) is 11.4 Å². The third-order valence-corrected chi connectivity index (χ3v) is 4.71. The van der Waals surface area contributed by atoms with Crippen molar-refractivity contribution >= 4 is 11.3 Å². The molecule has 0 amide bonds. The Labute approximate surface area is 118 Å². The molecule has 0 aliphatic heterocycles. The zero-order chi connectivity index (χ0) is 14.0. The second-order valence-corrected chi connectivity index (χ2v) is 6.84. The lowest BCUT2D eigenvalue weighted by molar-refractivity contribution is 0.406. The summed E-state index contributed by atoms with van der Waals surface area (Å²) in [6.07, 6.45) is 1.59. The molecule has 5 heteroatoms. The van der Waals surface area contributed by atoms with Gasteiger partial charge in [-0.15, -0.1) is 11.3 Å². The Morgan fingerprint density at radius 3 is 2.68 bits per heavy atom. The quantitative estimate of drug-likeness (QED) is 0.929. The topological polar surface area (TPSA) is 51.0 Å². The normalized spacial score (nSPS) is 13.7. The van der Waals surface area contributed by atoms with Crippen molar-refractivity contribution in [2.24, 2.45) is 0 Å². The first-order valence-corrected chi connectivity index (χ1v) is 7.30. The predicted molar refractivity (Wildman–Crippen MR) is 77.3 cm³/mol. The van der Waals surface area contributed by atoms with Gasteiger partial charge in [0.2, 0.25) is 0 Å². The van der Waals surface area contributed by atoms with Gasteiger partial charge in [-0.2, -0.15) is 0 Å². The van der Waals surface area contributed by atoms with Crippen LogP contribution in [-0.2, 0) is 12.0 Å². The Morgan fingerprint density at radius 1 is 1.42 bits per heavy atom. The molecule has 1 N–H and O–H groups in total. The number of aryl methyl sites for hydroxylation is 1. The Balaban J connectivity index is 2.06. The maximum atomic E-state index is 4.83. The Bertz CT molecular complexity index is 525. The molecule has 2 heterocycles. The van der Waals surface area contributed by atoms with Crippen LogP contribution >= 0.6 is 11.3 Å². The molecule has 0 bridgehead atoms. The summed E-state index contributed by atoms with van der Waals surface area (Å²) in [6.45, 7) is 11.5. The van der Waals surface area contributed by atoms with E-state index in [1.807, 2.05) is 6.07 Å². The first-order chi connectivity index (χ1) is 8.88. The fraction of sp³-hybridized carbons (Fsp3) is 0.571. The van der Waals surface area contributed by atoms with Gasteiger partial charge in [0.1, 0.15) is 6.26 Å². The van der Waals surface area contributed by atoms with E-state index in [0.29, 0.717) is 6.54 Å². The van der Waals surface area contributed by atoms with E-state index in [4.69, 9.17) is 9.51 Å². The first kappa shape index (κ1) is 14.2. The van der Waals surface area contributed by atoms with Crippen LogP contribution in [0.3, 0.4) is 0 Å². The van der Waals surface area contributed by atoms with E-state index >= 15 is 0 Å². The fourth-order valence-electron chi connectivity index (χ4n) is 1.81. The lowest BCUT2D eigenvalue weighted by atomic mass is 9.98. The van der Waals surface area contributed by atoms with Crippen LogP contribution in [0.1, 0.15) is 55.0 Å². The van der Waals surface area contributed by atoms with Crippen molar-refractivity contribution in [1.29, 1.82) is 0 Å². The molecule has 104 valence electrons. The average Bonchev–Trinajstić information content (AvgIpc) is 2.93. The highest BCUT2D eigenvalue weighted by Crippen LogP contribution is 2.32. The zero-order valence-electron chi connectivity index (χ0n) is 12.2. The smallest absolute Gasteiger partial charge is 0.124 e. The summed E-state index contributed by atoms with van der Waals surface area (Å²) >= 11 is 1.79. The van der Waals surface area contributed by atoms with Crippen LogP contribution in [-0.4, -0.2) is 10.1 Å². The van der Waals surface area contributed by atoms with E-state index in [9.17, 15) is 0 Å². The summed E-state index contributed by atoms with van der Waals surface area (Å²) in [5, 5.41) is 8.54. The van der Waals surface area contributed by atoms with Crippen molar-refractivity contribution in [2.45, 2.75) is 52.6 Å². The largest absolute Gasteiger partial charge is 0.364 e. The molecule has 19 heavy (non-hydrogen) atoms. The highest BCUT2D eigenvalue weighted by Gasteiger charge is 2.22. The van der Waals surface area contributed by atoms with Gasteiger partial charge in [-0.05, 0) is 13.8 Å². The maximum absolute atomic E-state index is 4.83. The molecule has 0 aliphatic rings. The maximum Gasteiger partial charge on any atom is 0.124 e. The van der Waals surface area contributed by atoms with Crippen LogP contribution in [0.5, 0.6) is 0 Å². The molecule has 0 saturated carbocycles. The lowest BCUT2D eigenvalue weighted by Gasteiger charge is -2.14. The first-order valence-electron chi connectivity index (χ1n) is 6.48. The minimum absolute atomic E-state index is 0.111. The highest BCUT2D eigenvalue weighted by atomic mass is 32.1. The molecule has 1 atom stereocenters. The molecule has 2 rings (SSSR count). The van der Waals surface area contributed by atoms with Gasteiger partial charge in [-0.1, -0.05) is 25.9 Å². The van der Waals surface area contributed by atoms with Crippen LogP contribution < -0.4 is 5.32 Å². The van der Waals surface area contributed by atoms with Crippen molar-refractivity contribution in [3.05, 3.63) is 33.6 Å². The summed E-state index contributed by atoms with van der Waals surface area (Å²) in [6, 6.07) is 2.14. The molecule has 2 aromatic heterocycles. The molecule has 0 aromatic carbocycles. The van der Waals surface area contributed by atoms with Gasteiger partial charge >= 0.3 is 0 Å². The van der Waals surface area contributed by atoms with Gasteiger partial charge in [0.15, 0.2) is 0 Å². The zero-order valence-corrected chi connectivity index (χ0v) is 13.0. The summed E-state index contributed by atoms with van der Waals surface area (Å²) in [5.41, 5.74) is 2.15. The van der Waals surface area contributed by atoms with E-state index in [-0.39, 0.29) is 11.5 Å². The van der Waals surface area contributed by atoms with E-state index in [1.54, 1.807) is 17.6 Å². The number of rotatable bonds is 4. The summed E-state index contributed by atoms with van der Waals surface area (Å²) in [4.78, 5) is 5.99. The summed E-state index contributed by atoms with van der Waals surface area (Å²) in [7, 11) is 0. The average molecular weight is 279 g/mol. The van der Waals surface area contributed by atoms with Crippen molar-refractivity contribution < 1.29 is 4.52 Å². The minimum Gasteiger partial charge on any atom is -0.364 e. The van der Waals surface area contributed by atoms with E-state index in [1.165, 1.54) is 9.88 Å². The van der Waals surface area contributed by atoms with Gasteiger partial charge in [0, 0.05) is 28.9 Å². The van der Waals surface area contributed by atoms with E-state index in [2.05, 4.69) is 45.1 Å². The molecule has 0 saturated heterocycles. The SMILES string of the molecule is Cc1nc(C(C)(C)C)sc1C(C)NCc1ccon1. The van der Waals surface area contributed by atoms with Gasteiger partial charge in [-0.3, -0.25) is 0 Å². The van der Waals surface area contributed by atoms with Crippen LogP contribution in [0.25, 0.3) is 0 Å². The van der Waals surface area contributed by atoms with Crippen LogP contribution in [0, 0.1) is 6.92 Å². The Morgan fingerprint density at radius 2 is 2.16 bits per heavy atom. The van der Waals surface area contributed by atoms with Gasteiger partial charge < -0.3 is 9.84 Å². The number of hydrogen-bond donors (Lipinski definition) is 1. The van der Waals surface area contributed by atoms with Gasteiger partial charge in [0.05, 0.1) is 16.4 Å². The molecule has 4 nitrogen and oxygen atoms in total. The van der Waals surface area contributed by atoms with Crippen LogP contribution in [0.4, 0.5) is 0 Å². The number of thiazole rings is 1. The molecular formula is C14H21N3OS. The van der Waals surface area contributed by atoms with Crippen LogP contribution in [0.2, 0.25) is 0 Å². The fourth-order valence-corrected chi connectivity index (χ4v) is 2.96. The molecule has 0 spiro atoms.